The average Bonchev–Trinajstić information content (AvgIpc) is 2.89. The van der Waals surface area contributed by atoms with Gasteiger partial charge in [-0.25, -0.2) is 0 Å². The summed E-state index contributed by atoms with van der Waals surface area (Å²) in [5.74, 6) is 0. The Hall–Kier alpha value is -1.24. The second-order valence-corrected chi connectivity index (χ2v) is 4.84. The number of thiophene rings is 1. The molecule has 2 rings (SSSR count). The highest BCUT2D eigenvalue weighted by Gasteiger charge is 2.01. The maximum atomic E-state index is 5.08. The van der Waals surface area contributed by atoms with Crippen LogP contribution in [0.5, 0.6) is 0 Å². The van der Waals surface area contributed by atoms with Crippen LogP contribution in [0.2, 0.25) is 0 Å². The number of aryl methyl sites for hydroxylation is 1. The molecule has 0 fully saturated rings. The summed E-state index contributed by atoms with van der Waals surface area (Å²) in [7, 11) is 3.58. The van der Waals surface area contributed by atoms with Crippen molar-refractivity contribution in [2.24, 2.45) is 7.05 Å². The first-order valence-electron chi connectivity index (χ1n) is 5.39. The van der Waals surface area contributed by atoms with Crippen molar-refractivity contribution in [3.8, 4) is 0 Å². The SMILES string of the molecule is COCc1csc(CNCc2cn(C)nn2)c1. The van der Waals surface area contributed by atoms with E-state index >= 15 is 0 Å². The molecule has 2 heterocycles. The molecule has 0 radical (unpaired) electrons. The molecule has 2 aromatic rings. The van der Waals surface area contributed by atoms with E-state index in [2.05, 4.69) is 27.1 Å². The molecule has 0 bridgehead atoms. The molecule has 0 atom stereocenters. The Labute approximate surface area is 104 Å². The quantitative estimate of drug-likeness (QED) is 0.842. The number of methoxy groups -OCH3 is 1. The van der Waals surface area contributed by atoms with Crippen molar-refractivity contribution in [3.05, 3.63) is 33.8 Å². The lowest BCUT2D eigenvalue weighted by Crippen LogP contribution is -2.12. The Morgan fingerprint density at radius 1 is 1.47 bits per heavy atom. The summed E-state index contributed by atoms with van der Waals surface area (Å²) in [5.41, 5.74) is 2.19. The Balaban J connectivity index is 1.77. The van der Waals surface area contributed by atoms with Gasteiger partial charge in [0.2, 0.25) is 0 Å². The van der Waals surface area contributed by atoms with Gasteiger partial charge in [0, 0.05) is 38.3 Å². The van der Waals surface area contributed by atoms with Crippen molar-refractivity contribution in [2.75, 3.05) is 7.11 Å². The number of hydrogen-bond acceptors (Lipinski definition) is 5. The van der Waals surface area contributed by atoms with Crippen LogP contribution in [0.3, 0.4) is 0 Å². The minimum Gasteiger partial charge on any atom is -0.380 e. The molecule has 92 valence electrons. The van der Waals surface area contributed by atoms with Crippen LogP contribution in [0.25, 0.3) is 0 Å². The number of nitrogens with zero attached hydrogens (tertiary/aromatic N) is 3. The molecule has 0 saturated carbocycles. The van der Waals surface area contributed by atoms with Crippen LogP contribution in [0.15, 0.2) is 17.6 Å². The van der Waals surface area contributed by atoms with E-state index in [0.29, 0.717) is 6.61 Å². The van der Waals surface area contributed by atoms with Gasteiger partial charge in [-0.05, 0) is 17.0 Å². The van der Waals surface area contributed by atoms with Crippen molar-refractivity contribution in [2.45, 2.75) is 19.7 Å². The van der Waals surface area contributed by atoms with E-state index < -0.39 is 0 Å². The lowest BCUT2D eigenvalue weighted by molar-refractivity contribution is 0.185. The summed E-state index contributed by atoms with van der Waals surface area (Å²) in [6.07, 6.45) is 1.91. The average molecular weight is 252 g/mol. The minimum atomic E-state index is 0.681. The summed E-state index contributed by atoms with van der Waals surface area (Å²) in [4.78, 5) is 1.31. The summed E-state index contributed by atoms with van der Waals surface area (Å²) in [6, 6.07) is 2.16. The molecular formula is C11H16N4OS. The van der Waals surface area contributed by atoms with Gasteiger partial charge in [-0.1, -0.05) is 5.21 Å². The van der Waals surface area contributed by atoms with Gasteiger partial charge in [-0.2, -0.15) is 0 Å². The van der Waals surface area contributed by atoms with Gasteiger partial charge in [-0.3, -0.25) is 4.68 Å². The van der Waals surface area contributed by atoms with Gasteiger partial charge >= 0.3 is 0 Å². The minimum absolute atomic E-state index is 0.681. The number of hydrogen-bond donors (Lipinski definition) is 1. The molecule has 0 unspecified atom stereocenters. The van der Waals surface area contributed by atoms with E-state index in [1.54, 1.807) is 23.1 Å². The monoisotopic (exact) mass is 252 g/mol. The van der Waals surface area contributed by atoms with E-state index in [9.17, 15) is 0 Å². The Morgan fingerprint density at radius 2 is 2.35 bits per heavy atom. The number of ether oxygens (including phenoxy) is 1. The molecule has 0 spiro atoms. The first kappa shape index (κ1) is 12.2. The highest BCUT2D eigenvalue weighted by Crippen LogP contribution is 2.15. The van der Waals surface area contributed by atoms with Crippen molar-refractivity contribution in [1.29, 1.82) is 0 Å². The molecule has 0 aliphatic heterocycles. The first-order chi connectivity index (χ1) is 8.28. The van der Waals surface area contributed by atoms with Crippen LogP contribution in [0, 0.1) is 0 Å². The Morgan fingerprint density at radius 3 is 3.06 bits per heavy atom. The molecule has 0 aliphatic rings. The van der Waals surface area contributed by atoms with Crippen LogP contribution in [-0.2, 0) is 31.5 Å². The molecular weight excluding hydrogens is 236 g/mol. The normalized spacial score (nSPS) is 10.9. The van der Waals surface area contributed by atoms with E-state index in [-0.39, 0.29) is 0 Å². The molecule has 5 nitrogen and oxygen atoms in total. The lowest BCUT2D eigenvalue weighted by Gasteiger charge is -1.98. The van der Waals surface area contributed by atoms with Crippen molar-refractivity contribution in [3.63, 3.8) is 0 Å². The lowest BCUT2D eigenvalue weighted by atomic mass is 10.3. The molecule has 2 aromatic heterocycles. The topological polar surface area (TPSA) is 52.0 Å². The van der Waals surface area contributed by atoms with E-state index in [1.165, 1.54) is 10.4 Å². The largest absolute Gasteiger partial charge is 0.380 e. The molecule has 6 heteroatoms. The third-order valence-electron chi connectivity index (χ3n) is 2.27. The highest BCUT2D eigenvalue weighted by molar-refractivity contribution is 7.10. The predicted molar refractivity (Wildman–Crippen MR) is 66.6 cm³/mol. The molecule has 17 heavy (non-hydrogen) atoms. The summed E-state index contributed by atoms with van der Waals surface area (Å²) in [6.45, 7) is 2.27. The fraction of sp³-hybridized carbons (Fsp3) is 0.455. The van der Waals surface area contributed by atoms with Gasteiger partial charge < -0.3 is 10.1 Å². The Bertz CT molecular complexity index is 465. The number of rotatable bonds is 6. The van der Waals surface area contributed by atoms with Gasteiger partial charge in [0.15, 0.2) is 0 Å². The van der Waals surface area contributed by atoms with Gasteiger partial charge in [0.05, 0.1) is 12.3 Å². The molecule has 0 aromatic carbocycles. The smallest absolute Gasteiger partial charge is 0.0964 e. The fourth-order valence-electron chi connectivity index (χ4n) is 1.55. The predicted octanol–water partition coefficient (Wildman–Crippen LogP) is 1.31. The zero-order chi connectivity index (χ0) is 12.1. The van der Waals surface area contributed by atoms with Crippen LogP contribution in [0.4, 0.5) is 0 Å². The summed E-state index contributed by atoms with van der Waals surface area (Å²) >= 11 is 1.75. The fourth-order valence-corrected chi connectivity index (χ4v) is 2.39. The van der Waals surface area contributed by atoms with Crippen LogP contribution >= 0.6 is 11.3 Å². The van der Waals surface area contributed by atoms with E-state index in [1.807, 2.05) is 13.2 Å². The summed E-state index contributed by atoms with van der Waals surface area (Å²) in [5, 5.41) is 13.4. The van der Waals surface area contributed by atoms with E-state index in [4.69, 9.17) is 4.74 Å². The maximum absolute atomic E-state index is 5.08. The van der Waals surface area contributed by atoms with Crippen LogP contribution < -0.4 is 5.32 Å². The standard InChI is InChI=1S/C11H16N4OS/c1-15-6-10(13-14-15)4-12-5-11-3-9(7-16-2)8-17-11/h3,6,8,12H,4-5,7H2,1-2H3. The van der Waals surface area contributed by atoms with Crippen molar-refractivity contribution >= 4 is 11.3 Å². The molecule has 0 aliphatic carbocycles. The van der Waals surface area contributed by atoms with Crippen molar-refractivity contribution < 1.29 is 4.74 Å². The zero-order valence-corrected chi connectivity index (χ0v) is 10.8. The second-order valence-electron chi connectivity index (χ2n) is 3.84. The third kappa shape index (κ3) is 3.62. The van der Waals surface area contributed by atoms with Gasteiger partial charge in [0.25, 0.3) is 0 Å². The highest BCUT2D eigenvalue weighted by atomic mass is 32.1. The second kappa shape index (κ2) is 5.90. The molecule has 0 saturated heterocycles. The number of aromatic nitrogens is 3. The van der Waals surface area contributed by atoms with E-state index in [0.717, 1.165) is 18.8 Å². The maximum Gasteiger partial charge on any atom is 0.0964 e. The summed E-state index contributed by atoms with van der Waals surface area (Å²) < 4.78 is 6.79. The zero-order valence-electron chi connectivity index (χ0n) is 10.0. The Kier molecular flexibility index (Phi) is 4.24. The molecule has 0 amide bonds. The van der Waals surface area contributed by atoms with Gasteiger partial charge in [0.1, 0.15) is 0 Å². The van der Waals surface area contributed by atoms with Crippen LogP contribution in [0.1, 0.15) is 16.1 Å². The van der Waals surface area contributed by atoms with Gasteiger partial charge in [-0.15, -0.1) is 16.4 Å². The first-order valence-corrected chi connectivity index (χ1v) is 6.27. The van der Waals surface area contributed by atoms with Crippen LogP contribution in [-0.4, -0.2) is 22.1 Å². The third-order valence-corrected chi connectivity index (χ3v) is 3.26. The molecule has 1 N–H and O–H groups in total. The van der Waals surface area contributed by atoms with Crippen molar-refractivity contribution in [1.82, 2.24) is 20.3 Å². The number of nitrogens with one attached hydrogen (secondary N) is 1.